The Bertz CT molecular complexity index is 1110. The molecule has 0 aromatic heterocycles. The Morgan fingerprint density at radius 2 is 1.55 bits per heavy atom. The predicted octanol–water partition coefficient (Wildman–Crippen LogP) is 8.55. The van der Waals surface area contributed by atoms with Gasteiger partial charge in [0.05, 0.1) is 6.42 Å². The van der Waals surface area contributed by atoms with Crippen LogP contribution < -0.4 is 0 Å². The van der Waals surface area contributed by atoms with Crippen LogP contribution in [0.4, 0.5) is 0 Å². The van der Waals surface area contributed by atoms with Crippen molar-refractivity contribution in [1.29, 1.82) is 0 Å². The van der Waals surface area contributed by atoms with Gasteiger partial charge in [-0.25, -0.2) is 0 Å². The lowest BCUT2D eigenvalue weighted by molar-refractivity contribution is -0.129. The summed E-state index contributed by atoms with van der Waals surface area (Å²) in [5, 5.41) is 0. The molecule has 38 heavy (non-hydrogen) atoms. The predicted molar refractivity (Wildman–Crippen MR) is 159 cm³/mol. The fourth-order valence-electron chi connectivity index (χ4n) is 6.22. The average Bonchev–Trinajstić information content (AvgIpc) is 2.87. The lowest BCUT2D eigenvalue weighted by Crippen LogP contribution is -2.30. The number of benzene rings is 2. The third kappa shape index (κ3) is 8.48. The van der Waals surface area contributed by atoms with E-state index in [1.807, 2.05) is 19.9 Å². The van der Waals surface area contributed by atoms with E-state index in [0.717, 1.165) is 56.1 Å². The van der Waals surface area contributed by atoms with Crippen LogP contribution in [0.1, 0.15) is 117 Å². The van der Waals surface area contributed by atoms with Crippen molar-refractivity contribution >= 4 is 17.3 Å². The summed E-state index contributed by atoms with van der Waals surface area (Å²) in [6.07, 6.45) is 7.51. The Morgan fingerprint density at radius 3 is 2.13 bits per heavy atom. The van der Waals surface area contributed by atoms with E-state index in [2.05, 4.69) is 58.9 Å². The first kappa shape index (κ1) is 31.7. The molecule has 0 aliphatic heterocycles. The molecule has 0 N–H and O–H groups in total. The van der Waals surface area contributed by atoms with Crippen molar-refractivity contribution in [3.05, 3.63) is 69.3 Å². The van der Waals surface area contributed by atoms with Crippen molar-refractivity contribution in [2.75, 3.05) is 0 Å². The quantitative estimate of drug-likeness (QED) is 0.280. The van der Waals surface area contributed by atoms with Gasteiger partial charge in [0.25, 0.3) is 0 Å². The van der Waals surface area contributed by atoms with Crippen molar-refractivity contribution in [1.82, 2.24) is 0 Å². The van der Waals surface area contributed by atoms with Gasteiger partial charge in [0.15, 0.2) is 5.78 Å². The van der Waals surface area contributed by atoms with E-state index in [0.29, 0.717) is 12.3 Å². The molecule has 0 heterocycles. The number of hydrogen-bond acceptors (Lipinski definition) is 3. The van der Waals surface area contributed by atoms with Crippen LogP contribution in [0.5, 0.6) is 0 Å². The van der Waals surface area contributed by atoms with Crippen LogP contribution in [0.3, 0.4) is 0 Å². The molecule has 0 spiro atoms. The maximum absolute atomic E-state index is 12.8. The van der Waals surface area contributed by atoms with Gasteiger partial charge in [-0.05, 0) is 105 Å². The average molecular weight is 519 g/mol. The number of aryl methyl sites for hydroxylation is 5. The van der Waals surface area contributed by atoms with Crippen LogP contribution in [-0.4, -0.2) is 17.3 Å². The zero-order chi connectivity index (χ0) is 28.4. The minimum atomic E-state index is -0.0658. The summed E-state index contributed by atoms with van der Waals surface area (Å²) >= 11 is 0. The lowest BCUT2D eigenvalue weighted by Gasteiger charge is -2.32. The molecular weight excluding hydrogens is 468 g/mol. The zero-order valence-electron chi connectivity index (χ0n) is 25.2. The van der Waals surface area contributed by atoms with Gasteiger partial charge in [-0.2, -0.15) is 0 Å². The van der Waals surface area contributed by atoms with Crippen LogP contribution in [0, 0.1) is 38.5 Å². The zero-order valence-corrected chi connectivity index (χ0v) is 25.2. The van der Waals surface area contributed by atoms with Crippen LogP contribution in [0.15, 0.2) is 30.3 Å². The molecule has 0 fully saturated rings. The van der Waals surface area contributed by atoms with E-state index >= 15 is 0 Å². The van der Waals surface area contributed by atoms with Crippen LogP contribution in [0.25, 0.3) is 0 Å². The number of Topliss-reactive ketones (excluding diaryl/α,β-unsaturated/α-hetero) is 3. The number of carbonyl (C=O) groups excluding carboxylic acids is 3. The summed E-state index contributed by atoms with van der Waals surface area (Å²) in [6.45, 7) is 16.4. The first-order valence-corrected chi connectivity index (χ1v) is 14.8. The third-order valence-corrected chi connectivity index (χ3v) is 8.35. The molecule has 0 amide bonds. The number of hydrogen-bond donors (Lipinski definition) is 0. The SMILES string of the molecule is CCCC(CC1CC(=O)c2c(C)ccc(C)c2C1)C(CC)C(=O)CC(C)=O.CCc1ccc(C)c(CC)c1. The van der Waals surface area contributed by atoms with Crippen molar-refractivity contribution in [3.8, 4) is 0 Å². The normalized spacial score (nSPS) is 16.2. The maximum Gasteiger partial charge on any atom is 0.163 e. The smallest absolute Gasteiger partial charge is 0.163 e. The van der Waals surface area contributed by atoms with Gasteiger partial charge in [-0.3, -0.25) is 14.4 Å². The molecule has 1 aliphatic carbocycles. The molecule has 0 saturated carbocycles. The first-order chi connectivity index (χ1) is 18.1. The van der Waals surface area contributed by atoms with Crippen LogP contribution in [0.2, 0.25) is 0 Å². The summed E-state index contributed by atoms with van der Waals surface area (Å²) in [5.74, 6) is 0.766. The number of carbonyl (C=O) groups is 3. The Hall–Kier alpha value is -2.55. The van der Waals surface area contributed by atoms with Crippen molar-refractivity contribution in [2.24, 2.45) is 17.8 Å². The Kier molecular flexibility index (Phi) is 12.6. The molecule has 3 rings (SSSR count). The maximum atomic E-state index is 12.8. The van der Waals surface area contributed by atoms with Gasteiger partial charge in [0.1, 0.15) is 11.6 Å². The molecule has 0 bridgehead atoms. The highest BCUT2D eigenvalue weighted by atomic mass is 16.1. The Labute approximate surface area is 231 Å². The van der Waals surface area contributed by atoms with Crippen molar-refractivity contribution < 1.29 is 14.4 Å². The first-order valence-electron chi connectivity index (χ1n) is 14.8. The summed E-state index contributed by atoms with van der Waals surface area (Å²) in [4.78, 5) is 36.9. The highest BCUT2D eigenvalue weighted by Crippen LogP contribution is 2.37. The molecular formula is C35H50O3. The minimum absolute atomic E-state index is 0.0451. The molecule has 0 saturated heterocycles. The minimum Gasteiger partial charge on any atom is -0.300 e. The second-order valence-electron chi connectivity index (χ2n) is 11.4. The van der Waals surface area contributed by atoms with E-state index in [9.17, 15) is 14.4 Å². The van der Waals surface area contributed by atoms with Gasteiger partial charge in [0, 0.05) is 17.9 Å². The summed E-state index contributed by atoms with van der Waals surface area (Å²) < 4.78 is 0. The standard InChI is InChI=1S/C24H34O3.C11H16/c1-6-8-19(20(7-2)22(26)11-17(5)25)12-18-13-21-15(3)9-10-16(4)24(21)23(27)14-18;1-4-10-7-6-9(3)11(5-2)8-10/h9-10,18-20H,6-8,11-14H2,1-5H3;6-8H,4-5H2,1-3H3. The molecule has 1 aliphatic rings. The highest BCUT2D eigenvalue weighted by molar-refractivity contribution is 6.00. The van der Waals surface area contributed by atoms with Crippen LogP contribution in [-0.2, 0) is 28.9 Å². The van der Waals surface area contributed by atoms with E-state index in [4.69, 9.17) is 0 Å². The Balaban J connectivity index is 0.000000384. The summed E-state index contributed by atoms with van der Waals surface area (Å²) in [5.41, 5.74) is 8.77. The van der Waals surface area contributed by atoms with E-state index < -0.39 is 0 Å². The molecule has 3 atom stereocenters. The second-order valence-corrected chi connectivity index (χ2v) is 11.4. The molecule has 3 nitrogen and oxygen atoms in total. The largest absolute Gasteiger partial charge is 0.300 e. The monoisotopic (exact) mass is 518 g/mol. The lowest BCUT2D eigenvalue weighted by atomic mass is 9.71. The number of fused-ring (bicyclic) bond motifs is 1. The topological polar surface area (TPSA) is 51.2 Å². The van der Waals surface area contributed by atoms with E-state index in [1.165, 1.54) is 34.7 Å². The van der Waals surface area contributed by atoms with Gasteiger partial charge in [-0.1, -0.05) is 70.9 Å². The fourth-order valence-corrected chi connectivity index (χ4v) is 6.22. The Morgan fingerprint density at radius 1 is 0.895 bits per heavy atom. The molecule has 2 aromatic carbocycles. The van der Waals surface area contributed by atoms with Gasteiger partial charge in [0.2, 0.25) is 0 Å². The van der Waals surface area contributed by atoms with E-state index in [-0.39, 0.29) is 35.6 Å². The number of rotatable bonds is 11. The molecule has 208 valence electrons. The van der Waals surface area contributed by atoms with Crippen molar-refractivity contribution in [2.45, 2.75) is 113 Å². The van der Waals surface area contributed by atoms with Gasteiger partial charge >= 0.3 is 0 Å². The summed E-state index contributed by atoms with van der Waals surface area (Å²) in [6, 6.07) is 10.9. The molecule has 3 heteroatoms. The van der Waals surface area contributed by atoms with Crippen molar-refractivity contribution in [3.63, 3.8) is 0 Å². The summed E-state index contributed by atoms with van der Waals surface area (Å²) in [7, 11) is 0. The number of ketones is 3. The molecule has 3 unspecified atom stereocenters. The van der Waals surface area contributed by atoms with Crippen LogP contribution >= 0.6 is 0 Å². The van der Waals surface area contributed by atoms with Gasteiger partial charge < -0.3 is 0 Å². The van der Waals surface area contributed by atoms with E-state index in [1.54, 1.807) is 0 Å². The highest BCUT2D eigenvalue weighted by Gasteiger charge is 2.33. The molecule has 0 radical (unpaired) electrons. The van der Waals surface area contributed by atoms with Gasteiger partial charge in [-0.15, -0.1) is 0 Å². The third-order valence-electron chi connectivity index (χ3n) is 8.35. The molecule has 2 aromatic rings. The fraction of sp³-hybridized carbons (Fsp3) is 0.571. The second kappa shape index (κ2) is 15.1.